The van der Waals surface area contributed by atoms with E-state index in [0.29, 0.717) is 18.6 Å². The van der Waals surface area contributed by atoms with E-state index in [-0.39, 0.29) is 17.4 Å². The van der Waals surface area contributed by atoms with E-state index in [1.54, 1.807) is 12.1 Å². The molecule has 0 aliphatic heterocycles. The minimum absolute atomic E-state index is 0.0824. The summed E-state index contributed by atoms with van der Waals surface area (Å²) in [5, 5.41) is 0. The number of methoxy groups -OCH3 is 1. The van der Waals surface area contributed by atoms with E-state index < -0.39 is 0 Å². The van der Waals surface area contributed by atoms with E-state index in [0.717, 1.165) is 18.4 Å². The maximum absolute atomic E-state index is 11.6. The van der Waals surface area contributed by atoms with Crippen LogP contribution in [0.1, 0.15) is 42.1 Å². The minimum atomic E-state index is -0.346. The van der Waals surface area contributed by atoms with Crippen LogP contribution >= 0.6 is 0 Å². The smallest absolute Gasteiger partial charge is 0.337 e. The van der Waals surface area contributed by atoms with Crippen molar-refractivity contribution in [1.82, 2.24) is 0 Å². The Hall–Kier alpha value is -1.84. The summed E-state index contributed by atoms with van der Waals surface area (Å²) < 4.78 is 9.67. The lowest BCUT2D eigenvalue weighted by molar-refractivity contribution is -0.143. The summed E-state index contributed by atoms with van der Waals surface area (Å²) in [7, 11) is 1.36. The molecule has 1 saturated carbocycles. The Kier molecular flexibility index (Phi) is 3.88. The van der Waals surface area contributed by atoms with Crippen LogP contribution in [0.2, 0.25) is 0 Å². The fourth-order valence-corrected chi connectivity index (χ4v) is 2.28. The van der Waals surface area contributed by atoms with E-state index in [4.69, 9.17) is 4.74 Å². The second-order valence-electron chi connectivity index (χ2n) is 4.83. The average molecular weight is 262 g/mol. The van der Waals surface area contributed by atoms with E-state index >= 15 is 0 Å². The Morgan fingerprint density at radius 3 is 2.32 bits per heavy atom. The third-order valence-corrected chi connectivity index (χ3v) is 3.56. The van der Waals surface area contributed by atoms with Gasteiger partial charge in [-0.15, -0.1) is 0 Å². The third-order valence-electron chi connectivity index (χ3n) is 3.56. The summed E-state index contributed by atoms with van der Waals surface area (Å²) in [4.78, 5) is 23.0. The molecule has 0 N–H and O–H groups in total. The van der Waals surface area contributed by atoms with Crippen molar-refractivity contribution >= 4 is 11.9 Å². The van der Waals surface area contributed by atoms with E-state index in [1.165, 1.54) is 7.11 Å². The number of ether oxygens (including phenoxy) is 2. The Labute approximate surface area is 112 Å². The van der Waals surface area contributed by atoms with Crippen LogP contribution in [0.25, 0.3) is 0 Å². The van der Waals surface area contributed by atoms with Gasteiger partial charge in [0.05, 0.1) is 25.7 Å². The van der Waals surface area contributed by atoms with Crippen LogP contribution in [-0.4, -0.2) is 25.7 Å². The first-order valence-corrected chi connectivity index (χ1v) is 6.46. The topological polar surface area (TPSA) is 52.6 Å². The van der Waals surface area contributed by atoms with E-state index in [1.807, 2.05) is 19.1 Å². The molecule has 1 aromatic carbocycles. The van der Waals surface area contributed by atoms with Crippen LogP contribution < -0.4 is 0 Å². The van der Waals surface area contributed by atoms with Crippen LogP contribution in [0, 0.1) is 0 Å². The molecule has 0 heterocycles. The molecular weight excluding hydrogens is 244 g/mol. The molecule has 0 saturated heterocycles. The largest absolute Gasteiger partial charge is 0.466 e. The van der Waals surface area contributed by atoms with Gasteiger partial charge in [-0.05, 0) is 37.5 Å². The van der Waals surface area contributed by atoms with Gasteiger partial charge in [0.25, 0.3) is 0 Å². The first-order valence-electron chi connectivity index (χ1n) is 6.46. The SMILES string of the molecule is CCOC(=O)CC1(c2ccc(C(=O)OC)cc2)CC1. The van der Waals surface area contributed by atoms with Crippen LogP contribution in [0.3, 0.4) is 0 Å². The minimum Gasteiger partial charge on any atom is -0.466 e. The zero-order valence-corrected chi connectivity index (χ0v) is 11.3. The number of carbonyl (C=O) groups is 2. The molecule has 0 spiro atoms. The van der Waals surface area contributed by atoms with Gasteiger partial charge < -0.3 is 9.47 Å². The van der Waals surface area contributed by atoms with Crippen LogP contribution in [0.15, 0.2) is 24.3 Å². The first-order chi connectivity index (χ1) is 9.11. The molecule has 0 bridgehead atoms. The van der Waals surface area contributed by atoms with Gasteiger partial charge in [-0.25, -0.2) is 4.79 Å². The molecule has 0 amide bonds. The Balaban J connectivity index is 2.09. The number of carbonyl (C=O) groups excluding carboxylic acids is 2. The van der Waals surface area contributed by atoms with Crippen molar-refractivity contribution in [2.75, 3.05) is 13.7 Å². The van der Waals surface area contributed by atoms with Gasteiger partial charge >= 0.3 is 11.9 Å². The predicted octanol–water partition coefficient (Wildman–Crippen LogP) is 2.46. The van der Waals surface area contributed by atoms with Crippen molar-refractivity contribution in [2.24, 2.45) is 0 Å². The van der Waals surface area contributed by atoms with Gasteiger partial charge in [0.2, 0.25) is 0 Å². The van der Waals surface area contributed by atoms with Gasteiger partial charge in [-0.1, -0.05) is 12.1 Å². The third kappa shape index (κ3) is 2.95. The summed E-state index contributed by atoms with van der Waals surface area (Å²) in [6.07, 6.45) is 2.39. The lowest BCUT2D eigenvalue weighted by atomic mass is 9.92. The molecule has 0 radical (unpaired) electrons. The summed E-state index contributed by atoms with van der Waals surface area (Å²) in [6, 6.07) is 7.29. The molecule has 102 valence electrons. The summed E-state index contributed by atoms with van der Waals surface area (Å²) in [6.45, 7) is 2.22. The molecule has 2 rings (SSSR count). The molecule has 4 heteroatoms. The van der Waals surface area contributed by atoms with Crippen molar-refractivity contribution in [3.05, 3.63) is 35.4 Å². The van der Waals surface area contributed by atoms with Gasteiger partial charge in [0.15, 0.2) is 0 Å². The number of benzene rings is 1. The molecule has 1 fully saturated rings. The normalized spacial score (nSPS) is 15.7. The number of hydrogen-bond acceptors (Lipinski definition) is 4. The number of esters is 2. The average Bonchev–Trinajstić information content (AvgIpc) is 3.19. The second-order valence-corrected chi connectivity index (χ2v) is 4.83. The molecule has 19 heavy (non-hydrogen) atoms. The predicted molar refractivity (Wildman–Crippen MR) is 69.9 cm³/mol. The van der Waals surface area contributed by atoms with E-state index in [2.05, 4.69) is 4.74 Å². The molecule has 1 aliphatic carbocycles. The van der Waals surface area contributed by atoms with Crippen molar-refractivity contribution in [2.45, 2.75) is 31.6 Å². The number of rotatable bonds is 5. The fraction of sp³-hybridized carbons (Fsp3) is 0.467. The molecule has 0 aromatic heterocycles. The molecule has 1 aliphatic rings. The molecule has 0 unspecified atom stereocenters. The van der Waals surface area contributed by atoms with Gasteiger partial charge in [-0.2, -0.15) is 0 Å². The zero-order chi connectivity index (χ0) is 13.9. The zero-order valence-electron chi connectivity index (χ0n) is 11.3. The maximum Gasteiger partial charge on any atom is 0.337 e. The standard InChI is InChI=1S/C15H18O4/c1-3-19-13(16)10-15(8-9-15)12-6-4-11(5-7-12)14(17)18-2/h4-7H,3,8-10H2,1-2H3. The van der Waals surface area contributed by atoms with Crippen molar-refractivity contribution in [3.63, 3.8) is 0 Å². The lowest BCUT2D eigenvalue weighted by Gasteiger charge is -2.15. The highest BCUT2D eigenvalue weighted by Crippen LogP contribution is 2.51. The highest BCUT2D eigenvalue weighted by Gasteiger charge is 2.46. The van der Waals surface area contributed by atoms with Crippen LogP contribution in [-0.2, 0) is 19.7 Å². The quantitative estimate of drug-likeness (QED) is 0.765. The molecule has 4 nitrogen and oxygen atoms in total. The lowest BCUT2D eigenvalue weighted by Crippen LogP contribution is -2.16. The van der Waals surface area contributed by atoms with Crippen LogP contribution in [0.4, 0.5) is 0 Å². The van der Waals surface area contributed by atoms with Gasteiger partial charge in [-0.3, -0.25) is 4.79 Å². The highest BCUT2D eigenvalue weighted by molar-refractivity contribution is 5.89. The van der Waals surface area contributed by atoms with Crippen molar-refractivity contribution in [3.8, 4) is 0 Å². The van der Waals surface area contributed by atoms with Gasteiger partial charge in [0.1, 0.15) is 0 Å². The fourth-order valence-electron chi connectivity index (χ4n) is 2.28. The summed E-state index contributed by atoms with van der Waals surface area (Å²) >= 11 is 0. The van der Waals surface area contributed by atoms with Crippen molar-refractivity contribution < 1.29 is 19.1 Å². The molecule has 1 aromatic rings. The molecule has 0 atom stereocenters. The monoisotopic (exact) mass is 262 g/mol. The van der Waals surface area contributed by atoms with Crippen LogP contribution in [0.5, 0.6) is 0 Å². The Morgan fingerprint density at radius 1 is 1.21 bits per heavy atom. The Bertz CT molecular complexity index is 471. The van der Waals surface area contributed by atoms with Gasteiger partial charge in [0, 0.05) is 5.41 Å². The van der Waals surface area contributed by atoms with E-state index in [9.17, 15) is 9.59 Å². The second kappa shape index (κ2) is 5.43. The van der Waals surface area contributed by atoms with Crippen molar-refractivity contribution in [1.29, 1.82) is 0 Å². The number of hydrogen-bond donors (Lipinski definition) is 0. The summed E-state index contributed by atoms with van der Waals surface area (Å²) in [5.74, 6) is -0.501. The summed E-state index contributed by atoms with van der Waals surface area (Å²) in [5.41, 5.74) is 1.53. The molecular formula is C15H18O4. The maximum atomic E-state index is 11.6. The first kappa shape index (κ1) is 13.6. The Morgan fingerprint density at radius 2 is 1.84 bits per heavy atom. The highest BCUT2D eigenvalue weighted by atomic mass is 16.5.